The van der Waals surface area contributed by atoms with Crippen LogP contribution in [0.15, 0.2) is 36.7 Å². The normalized spacial score (nSPS) is 11.7. The van der Waals surface area contributed by atoms with Gasteiger partial charge in [-0.05, 0) is 39.2 Å². The Labute approximate surface area is 157 Å². The number of hydrogen-bond donors (Lipinski definition) is 1. The van der Waals surface area contributed by atoms with Gasteiger partial charge in [0.1, 0.15) is 5.82 Å². The predicted molar refractivity (Wildman–Crippen MR) is 106 cm³/mol. The Morgan fingerprint density at radius 3 is 2.65 bits per heavy atom. The molecule has 26 heavy (non-hydrogen) atoms. The number of carbonyl (C=O) groups is 1. The lowest BCUT2D eigenvalue weighted by Crippen LogP contribution is -2.49. The summed E-state index contributed by atoms with van der Waals surface area (Å²) in [6.07, 6.45) is 3.78. The van der Waals surface area contributed by atoms with E-state index in [1.165, 1.54) is 11.1 Å². The van der Waals surface area contributed by atoms with E-state index in [0.717, 1.165) is 12.4 Å². The second-order valence-corrected chi connectivity index (χ2v) is 8.41. The maximum Gasteiger partial charge on any atom is 0.318 e. The molecule has 2 rings (SSSR count). The number of carbonyl (C=O) groups excluding carboxylic acids is 1. The van der Waals surface area contributed by atoms with Crippen LogP contribution >= 0.6 is 0 Å². The van der Waals surface area contributed by atoms with Crippen LogP contribution in [-0.2, 0) is 13.1 Å². The molecule has 0 aliphatic rings. The fraction of sp³-hybridized carbons (Fsp3) is 0.524. The summed E-state index contributed by atoms with van der Waals surface area (Å²) in [6.45, 7) is 14.3. The van der Waals surface area contributed by atoms with Crippen molar-refractivity contribution < 1.29 is 4.79 Å². The molecule has 2 aromatic rings. The van der Waals surface area contributed by atoms with Crippen molar-refractivity contribution in [1.29, 1.82) is 0 Å². The van der Waals surface area contributed by atoms with E-state index < -0.39 is 0 Å². The van der Waals surface area contributed by atoms with E-state index in [1.807, 2.05) is 31.9 Å². The summed E-state index contributed by atoms with van der Waals surface area (Å²) in [5.74, 6) is 1.29. The van der Waals surface area contributed by atoms with Crippen LogP contribution in [0.1, 0.15) is 51.6 Å². The number of aromatic nitrogens is 2. The van der Waals surface area contributed by atoms with E-state index in [-0.39, 0.29) is 11.6 Å². The van der Waals surface area contributed by atoms with Crippen molar-refractivity contribution in [2.24, 2.45) is 5.92 Å². The van der Waals surface area contributed by atoms with E-state index in [2.05, 4.69) is 59.9 Å². The largest absolute Gasteiger partial charge is 0.333 e. The van der Waals surface area contributed by atoms with Crippen molar-refractivity contribution in [1.82, 2.24) is 19.8 Å². The monoisotopic (exact) mass is 356 g/mol. The molecule has 0 aliphatic heterocycles. The number of imidazole rings is 1. The smallest absolute Gasteiger partial charge is 0.318 e. The summed E-state index contributed by atoms with van der Waals surface area (Å²) in [5, 5.41) is 3.06. The second-order valence-electron chi connectivity index (χ2n) is 8.41. The minimum absolute atomic E-state index is 0.0451. The molecule has 0 saturated carbocycles. The molecule has 0 saturated heterocycles. The van der Waals surface area contributed by atoms with Crippen molar-refractivity contribution in [2.75, 3.05) is 6.54 Å². The van der Waals surface area contributed by atoms with Crippen molar-refractivity contribution >= 4 is 6.03 Å². The Kier molecular flexibility index (Phi) is 6.46. The third kappa shape index (κ3) is 6.21. The molecule has 0 atom stereocenters. The summed E-state index contributed by atoms with van der Waals surface area (Å²) in [4.78, 5) is 19.1. The Bertz CT molecular complexity index is 728. The lowest BCUT2D eigenvalue weighted by molar-refractivity contribution is 0.177. The van der Waals surface area contributed by atoms with E-state index in [4.69, 9.17) is 0 Å². The number of benzene rings is 1. The van der Waals surface area contributed by atoms with Crippen LogP contribution in [0.2, 0.25) is 0 Å². The first-order chi connectivity index (χ1) is 12.1. The molecule has 0 bridgehead atoms. The van der Waals surface area contributed by atoms with Crippen LogP contribution < -0.4 is 5.32 Å². The summed E-state index contributed by atoms with van der Waals surface area (Å²) in [5.41, 5.74) is 2.22. The Balaban J connectivity index is 2.15. The highest BCUT2D eigenvalue weighted by molar-refractivity contribution is 5.74. The van der Waals surface area contributed by atoms with Crippen LogP contribution in [-0.4, -0.2) is 32.6 Å². The van der Waals surface area contributed by atoms with Gasteiger partial charge in [0.2, 0.25) is 0 Å². The third-order valence-corrected chi connectivity index (χ3v) is 3.92. The number of nitrogens with zero attached hydrogens (tertiary/aromatic N) is 3. The summed E-state index contributed by atoms with van der Waals surface area (Å²) < 4.78 is 2.12. The van der Waals surface area contributed by atoms with E-state index in [0.29, 0.717) is 19.0 Å². The van der Waals surface area contributed by atoms with Gasteiger partial charge in [-0.25, -0.2) is 9.78 Å². The van der Waals surface area contributed by atoms with Crippen molar-refractivity contribution in [3.8, 4) is 0 Å². The number of aryl methyl sites for hydroxylation is 1. The minimum atomic E-state index is -0.261. The molecule has 0 unspecified atom stereocenters. The van der Waals surface area contributed by atoms with Gasteiger partial charge in [-0.1, -0.05) is 43.7 Å². The lowest BCUT2D eigenvalue weighted by atomic mass is 10.1. The van der Waals surface area contributed by atoms with E-state index in [9.17, 15) is 4.79 Å². The molecule has 1 aromatic carbocycles. The second kappa shape index (κ2) is 8.39. The van der Waals surface area contributed by atoms with Crippen molar-refractivity contribution in [3.63, 3.8) is 0 Å². The summed E-state index contributed by atoms with van der Waals surface area (Å²) in [7, 11) is 0. The van der Waals surface area contributed by atoms with E-state index >= 15 is 0 Å². The quantitative estimate of drug-likeness (QED) is 0.843. The average Bonchev–Trinajstić information content (AvgIpc) is 2.91. The molecule has 5 heteroatoms. The van der Waals surface area contributed by atoms with Crippen LogP contribution in [0, 0.1) is 12.8 Å². The van der Waals surface area contributed by atoms with Crippen LogP contribution in [0.3, 0.4) is 0 Å². The van der Waals surface area contributed by atoms with Crippen LogP contribution in [0.5, 0.6) is 0 Å². The highest BCUT2D eigenvalue weighted by atomic mass is 16.2. The maximum absolute atomic E-state index is 12.7. The van der Waals surface area contributed by atoms with Gasteiger partial charge in [-0.15, -0.1) is 0 Å². The number of amides is 2. The van der Waals surface area contributed by atoms with Crippen molar-refractivity contribution in [2.45, 2.75) is 60.2 Å². The molecule has 0 spiro atoms. The number of rotatable bonds is 6. The first kappa shape index (κ1) is 20.0. The molecular weight excluding hydrogens is 324 g/mol. The van der Waals surface area contributed by atoms with Gasteiger partial charge in [0.15, 0.2) is 0 Å². The summed E-state index contributed by atoms with van der Waals surface area (Å²) >= 11 is 0. The van der Waals surface area contributed by atoms with Gasteiger partial charge in [-0.3, -0.25) is 0 Å². The molecule has 0 radical (unpaired) electrons. The number of urea groups is 1. The van der Waals surface area contributed by atoms with Gasteiger partial charge >= 0.3 is 6.03 Å². The zero-order valence-corrected chi connectivity index (χ0v) is 16.9. The highest BCUT2D eigenvalue weighted by Crippen LogP contribution is 2.12. The molecular formula is C21H32N4O. The number of nitrogens with one attached hydrogen (secondary N) is 1. The van der Waals surface area contributed by atoms with Crippen molar-refractivity contribution in [3.05, 3.63) is 53.6 Å². The maximum atomic E-state index is 12.7. The Hall–Kier alpha value is -2.30. The van der Waals surface area contributed by atoms with Crippen LogP contribution in [0.4, 0.5) is 4.79 Å². The Morgan fingerprint density at radius 2 is 2.04 bits per heavy atom. The predicted octanol–water partition coefficient (Wildman–Crippen LogP) is 4.21. The molecule has 0 fully saturated rings. The first-order valence-corrected chi connectivity index (χ1v) is 9.26. The lowest BCUT2D eigenvalue weighted by Gasteiger charge is -2.29. The van der Waals surface area contributed by atoms with Gasteiger partial charge in [-0.2, -0.15) is 0 Å². The SMILES string of the molecule is Cc1cccc(Cn2ccnc2CN(CC(C)C)C(=O)NC(C)(C)C)c1. The number of hydrogen-bond acceptors (Lipinski definition) is 2. The molecule has 142 valence electrons. The molecule has 2 amide bonds. The zero-order valence-electron chi connectivity index (χ0n) is 16.9. The molecule has 5 nitrogen and oxygen atoms in total. The van der Waals surface area contributed by atoms with Gasteiger partial charge < -0.3 is 14.8 Å². The van der Waals surface area contributed by atoms with Gasteiger partial charge in [0.25, 0.3) is 0 Å². The fourth-order valence-electron chi connectivity index (χ4n) is 2.87. The molecule has 0 aliphatic carbocycles. The fourth-order valence-corrected chi connectivity index (χ4v) is 2.87. The van der Waals surface area contributed by atoms with Crippen LogP contribution in [0.25, 0.3) is 0 Å². The van der Waals surface area contributed by atoms with Gasteiger partial charge in [0.05, 0.1) is 6.54 Å². The Morgan fingerprint density at radius 1 is 1.31 bits per heavy atom. The van der Waals surface area contributed by atoms with E-state index in [1.54, 1.807) is 6.20 Å². The zero-order chi connectivity index (χ0) is 19.3. The first-order valence-electron chi connectivity index (χ1n) is 9.26. The molecule has 1 heterocycles. The highest BCUT2D eigenvalue weighted by Gasteiger charge is 2.22. The standard InChI is InChI=1S/C21H32N4O/c1-16(2)13-25(20(26)23-21(4,5)6)15-19-22-10-11-24(19)14-18-9-7-8-17(3)12-18/h7-12,16H,13-15H2,1-6H3,(H,23,26). The molecule has 1 N–H and O–H groups in total. The topological polar surface area (TPSA) is 50.2 Å². The third-order valence-electron chi connectivity index (χ3n) is 3.92. The average molecular weight is 357 g/mol. The van der Waals surface area contributed by atoms with Gasteiger partial charge in [0, 0.05) is 31.0 Å². The molecule has 1 aromatic heterocycles. The summed E-state index contributed by atoms with van der Waals surface area (Å²) in [6, 6.07) is 8.43. The minimum Gasteiger partial charge on any atom is -0.333 e.